The molecule has 1 N–H and O–H groups in total. The van der Waals surface area contributed by atoms with Crippen LogP contribution in [0.1, 0.15) is 6.92 Å². The summed E-state index contributed by atoms with van der Waals surface area (Å²) >= 11 is 5.98. The van der Waals surface area contributed by atoms with Crippen LogP contribution < -0.4 is 9.62 Å². The number of nitrogens with one attached hydrogen (secondary N) is 1. The molecule has 1 aliphatic heterocycles. The molecule has 0 spiro atoms. The molecule has 0 atom stereocenters. The maximum Gasteiger partial charge on any atom is 0.263 e. The van der Waals surface area contributed by atoms with E-state index in [1.807, 2.05) is 6.07 Å². The van der Waals surface area contributed by atoms with E-state index in [1.54, 1.807) is 24.3 Å². The van der Waals surface area contributed by atoms with Crippen LogP contribution in [-0.4, -0.2) is 51.0 Å². The van der Waals surface area contributed by atoms with Crippen molar-refractivity contribution in [2.75, 3.05) is 42.3 Å². The summed E-state index contributed by atoms with van der Waals surface area (Å²) in [6.45, 7) is 7.09. The van der Waals surface area contributed by atoms with Gasteiger partial charge in [-0.1, -0.05) is 30.7 Å². The monoisotopic (exact) mass is 380 g/mol. The zero-order chi connectivity index (χ0) is 17.9. The minimum atomic E-state index is -3.73. The van der Waals surface area contributed by atoms with Crippen LogP contribution >= 0.6 is 11.6 Å². The van der Waals surface area contributed by atoms with Gasteiger partial charge in [-0.2, -0.15) is 0 Å². The molecule has 1 fully saturated rings. The molecule has 134 valence electrons. The van der Waals surface area contributed by atoms with E-state index in [9.17, 15) is 8.42 Å². The second-order valence-corrected chi connectivity index (χ2v) is 7.92. The van der Waals surface area contributed by atoms with Crippen molar-refractivity contribution in [1.82, 2.24) is 9.88 Å². The van der Waals surface area contributed by atoms with Crippen LogP contribution in [0.15, 0.2) is 47.5 Å². The summed E-state index contributed by atoms with van der Waals surface area (Å²) in [7, 11) is -3.73. The Bertz CT molecular complexity index is 819. The first-order valence-corrected chi connectivity index (χ1v) is 10.1. The summed E-state index contributed by atoms with van der Waals surface area (Å²) in [6, 6.07) is 9.91. The third-order valence-corrected chi connectivity index (χ3v) is 6.15. The summed E-state index contributed by atoms with van der Waals surface area (Å²) in [4.78, 5) is 9.05. The van der Waals surface area contributed by atoms with Gasteiger partial charge in [0, 0.05) is 26.2 Å². The highest BCUT2D eigenvalue weighted by Gasteiger charge is 2.19. The lowest BCUT2D eigenvalue weighted by Crippen LogP contribution is -2.46. The minimum Gasteiger partial charge on any atom is -0.354 e. The fraction of sp³-hybridized carbons (Fsp3) is 0.353. The number of piperazine rings is 1. The highest BCUT2D eigenvalue weighted by Crippen LogP contribution is 2.24. The largest absolute Gasteiger partial charge is 0.354 e. The predicted molar refractivity (Wildman–Crippen MR) is 101 cm³/mol. The van der Waals surface area contributed by atoms with E-state index in [0.717, 1.165) is 38.5 Å². The Balaban J connectivity index is 1.70. The Kier molecular flexibility index (Phi) is 5.46. The average Bonchev–Trinajstić information content (AvgIpc) is 2.62. The molecule has 2 aromatic rings. The van der Waals surface area contributed by atoms with Crippen molar-refractivity contribution in [2.24, 2.45) is 0 Å². The van der Waals surface area contributed by atoms with Gasteiger partial charge in [0.2, 0.25) is 0 Å². The molecule has 1 aromatic carbocycles. The summed E-state index contributed by atoms with van der Waals surface area (Å²) in [5.41, 5.74) is 0.413. The number of halogens is 1. The number of hydrogen-bond acceptors (Lipinski definition) is 5. The number of anilines is 2. The lowest BCUT2D eigenvalue weighted by molar-refractivity contribution is 0.270. The van der Waals surface area contributed by atoms with Crippen LogP contribution in [0.2, 0.25) is 5.02 Å². The highest BCUT2D eigenvalue weighted by atomic mass is 35.5. The van der Waals surface area contributed by atoms with Gasteiger partial charge in [-0.3, -0.25) is 4.72 Å². The maximum absolute atomic E-state index is 12.4. The Morgan fingerprint density at radius 2 is 1.84 bits per heavy atom. The molecule has 0 radical (unpaired) electrons. The minimum absolute atomic E-state index is 0.0523. The van der Waals surface area contributed by atoms with Crippen molar-refractivity contribution >= 4 is 33.1 Å². The van der Waals surface area contributed by atoms with Crippen molar-refractivity contribution in [3.8, 4) is 0 Å². The number of hydrogen-bond donors (Lipinski definition) is 1. The van der Waals surface area contributed by atoms with Crippen molar-refractivity contribution in [1.29, 1.82) is 0 Å². The second kappa shape index (κ2) is 7.59. The average molecular weight is 381 g/mol. The molecule has 0 bridgehead atoms. The van der Waals surface area contributed by atoms with Gasteiger partial charge in [-0.25, -0.2) is 13.4 Å². The summed E-state index contributed by atoms with van der Waals surface area (Å²) in [5, 5.41) is 0.188. The first-order valence-electron chi connectivity index (χ1n) is 8.20. The van der Waals surface area contributed by atoms with Crippen LogP contribution in [0, 0.1) is 0 Å². The summed E-state index contributed by atoms with van der Waals surface area (Å²) < 4.78 is 27.4. The molecule has 8 heteroatoms. The van der Waals surface area contributed by atoms with E-state index >= 15 is 0 Å². The molecular formula is C17H21ClN4O2S. The van der Waals surface area contributed by atoms with E-state index in [0.29, 0.717) is 5.69 Å². The van der Waals surface area contributed by atoms with Gasteiger partial charge in [0.1, 0.15) is 10.7 Å². The normalized spacial score (nSPS) is 16.0. The molecular weight excluding hydrogens is 360 g/mol. The Hall–Kier alpha value is -1.83. The van der Waals surface area contributed by atoms with Gasteiger partial charge in [-0.05, 0) is 30.8 Å². The summed E-state index contributed by atoms with van der Waals surface area (Å²) in [5.74, 6) is 0.858. The third-order valence-electron chi connectivity index (χ3n) is 4.27. The van der Waals surface area contributed by atoms with Crippen LogP contribution in [0.5, 0.6) is 0 Å². The number of rotatable bonds is 5. The third kappa shape index (κ3) is 4.23. The number of benzene rings is 1. The number of sulfonamides is 1. The molecule has 0 aliphatic carbocycles. The van der Waals surface area contributed by atoms with E-state index in [1.165, 1.54) is 12.3 Å². The van der Waals surface area contributed by atoms with E-state index in [4.69, 9.17) is 11.6 Å². The molecule has 1 aliphatic rings. The fourth-order valence-electron chi connectivity index (χ4n) is 2.80. The Labute approximate surface area is 153 Å². The molecule has 1 aromatic heterocycles. The van der Waals surface area contributed by atoms with Crippen molar-refractivity contribution < 1.29 is 8.42 Å². The van der Waals surface area contributed by atoms with Gasteiger partial charge in [0.15, 0.2) is 0 Å². The van der Waals surface area contributed by atoms with Gasteiger partial charge < -0.3 is 9.80 Å². The highest BCUT2D eigenvalue weighted by molar-refractivity contribution is 7.92. The molecule has 0 amide bonds. The molecule has 25 heavy (non-hydrogen) atoms. The fourth-order valence-corrected chi connectivity index (χ4v) is 4.36. The van der Waals surface area contributed by atoms with Gasteiger partial charge in [0.05, 0.1) is 16.9 Å². The number of nitrogens with zero attached hydrogens (tertiary/aromatic N) is 3. The van der Waals surface area contributed by atoms with Crippen LogP contribution in [0.25, 0.3) is 0 Å². The summed E-state index contributed by atoms with van der Waals surface area (Å²) in [6.07, 6.45) is 1.54. The van der Waals surface area contributed by atoms with Gasteiger partial charge in [0.25, 0.3) is 10.0 Å². The van der Waals surface area contributed by atoms with Crippen molar-refractivity contribution in [2.45, 2.75) is 11.8 Å². The van der Waals surface area contributed by atoms with Crippen molar-refractivity contribution in [3.63, 3.8) is 0 Å². The van der Waals surface area contributed by atoms with E-state index in [2.05, 4.69) is 26.4 Å². The topological polar surface area (TPSA) is 65.5 Å². The molecule has 0 saturated carbocycles. The second-order valence-electron chi connectivity index (χ2n) is 5.86. The SMILES string of the molecule is CCN1CCN(c2ccc(NS(=O)(=O)c3ccccc3Cl)cn2)CC1. The molecule has 1 saturated heterocycles. The zero-order valence-electron chi connectivity index (χ0n) is 14.0. The maximum atomic E-state index is 12.4. The first-order chi connectivity index (χ1) is 12.0. The number of likely N-dealkylation sites (N-methyl/N-ethyl adjacent to an activating group) is 1. The molecule has 2 heterocycles. The van der Waals surface area contributed by atoms with Gasteiger partial charge >= 0.3 is 0 Å². The van der Waals surface area contributed by atoms with Crippen molar-refractivity contribution in [3.05, 3.63) is 47.6 Å². The van der Waals surface area contributed by atoms with E-state index < -0.39 is 10.0 Å². The number of pyridine rings is 1. The van der Waals surface area contributed by atoms with Crippen LogP contribution in [0.4, 0.5) is 11.5 Å². The number of aromatic nitrogens is 1. The molecule has 3 rings (SSSR count). The quantitative estimate of drug-likeness (QED) is 0.863. The smallest absolute Gasteiger partial charge is 0.263 e. The van der Waals surface area contributed by atoms with Gasteiger partial charge in [-0.15, -0.1) is 0 Å². The Morgan fingerprint density at radius 1 is 1.12 bits per heavy atom. The predicted octanol–water partition coefficient (Wildman–Crippen LogP) is 2.68. The standard InChI is InChI=1S/C17H21ClN4O2S/c1-2-21-9-11-22(12-10-21)17-8-7-14(13-19-17)20-25(23,24)16-6-4-3-5-15(16)18/h3-8,13,20H,2,9-12H2,1H3. The Morgan fingerprint density at radius 3 is 2.44 bits per heavy atom. The lowest BCUT2D eigenvalue weighted by atomic mass is 10.3. The molecule has 6 nitrogen and oxygen atoms in total. The van der Waals surface area contributed by atoms with Crippen LogP contribution in [0.3, 0.4) is 0 Å². The van der Waals surface area contributed by atoms with E-state index in [-0.39, 0.29) is 9.92 Å². The molecule has 0 unspecified atom stereocenters. The lowest BCUT2D eigenvalue weighted by Gasteiger charge is -2.34. The van der Waals surface area contributed by atoms with Crippen LogP contribution in [-0.2, 0) is 10.0 Å². The zero-order valence-corrected chi connectivity index (χ0v) is 15.6. The first kappa shape index (κ1) is 18.0.